The van der Waals surface area contributed by atoms with Crippen LogP contribution in [0.15, 0.2) is 36.4 Å². The van der Waals surface area contributed by atoms with Crippen molar-refractivity contribution in [2.24, 2.45) is 0 Å². The summed E-state index contributed by atoms with van der Waals surface area (Å²) in [6.45, 7) is 5.66. The lowest BCUT2D eigenvalue weighted by atomic mass is 10.1. The van der Waals surface area contributed by atoms with Gasteiger partial charge in [-0.05, 0) is 55.8 Å². The standard InChI is InChI=1S/C18H19NO3/c1-18(2,3)22-17(21)19-10-4-5-13-6-7-15-12-16(20)9-8-14(15)11-13/h6-9,11-12,20H,10H2,1-3H3,(H,19,21). The number of rotatable bonds is 1. The highest BCUT2D eigenvalue weighted by molar-refractivity contribution is 5.85. The molecule has 0 radical (unpaired) electrons. The number of nitrogens with one attached hydrogen (secondary N) is 1. The molecule has 2 N–H and O–H groups in total. The van der Waals surface area contributed by atoms with Crippen LogP contribution in [0.5, 0.6) is 5.75 Å². The number of carbonyl (C=O) groups is 1. The molecule has 0 saturated carbocycles. The smallest absolute Gasteiger partial charge is 0.408 e. The Labute approximate surface area is 130 Å². The highest BCUT2D eigenvalue weighted by Crippen LogP contribution is 2.20. The van der Waals surface area contributed by atoms with Gasteiger partial charge < -0.3 is 15.2 Å². The largest absolute Gasteiger partial charge is 0.508 e. The minimum Gasteiger partial charge on any atom is -0.508 e. The Morgan fingerprint density at radius 1 is 1.18 bits per heavy atom. The van der Waals surface area contributed by atoms with Crippen LogP contribution in [-0.4, -0.2) is 23.3 Å². The van der Waals surface area contributed by atoms with Gasteiger partial charge in [0.05, 0.1) is 6.54 Å². The van der Waals surface area contributed by atoms with Crippen molar-refractivity contribution in [3.8, 4) is 17.6 Å². The molecule has 0 aliphatic heterocycles. The lowest BCUT2D eigenvalue weighted by molar-refractivity contribution is 0.0535. The van der Waals surface area contributed by atoms with Crippen LogP contribution in [0.3, 0.4) is 0 Å². The lowest BCUT2D eigenvalue weighted by Crippen LogP contribution is -2.32. The number of phenolic OH excluding ortho intramolecular Hbond substituents is 1. The Kier molecular flexibility index (Phi) is 4.57. The fourth-order valence-corrected chi connectivity index (χ4v) is 1.89. The summed E-state index contributed by atoms with van der Waals surface area (Å²) in [5.41, 5.74) is 0.339. The van der Waals surface area contributed by atoms with Crippen molar-refractivity contribution < 1.29 is 14.6 Å². The highest BCUT2D eigenvalue weighted by atomic mass is 16.6. The molecule has 4 heteroatoms. The molecule has 2 rings (SSSR count). The maximum absolute atomic E-state index is 11.5. The van der Waals surface area contributed by atoms with Crippen molar-refractivity contribution in [3.05, 3.63) is 42.0 Å². The second kappa shape index (κ2) is 6.40. The van der Waals surface area contributed by atoms with Gasteiger partial charge in [0, 0.05) is 5.56 Å². The molecular weight excluding hydrogens is 278 g/mol. The number of fused-ring (bicyclic) bond motifs is 1. The summed E-state index contributed by atoms with van der Waals surface area (Å²) < 4.78 is 5.12. The average molecular weight is 297 g/mol. The summed E-state index contributed by atoms with van der Waals surface area (Å²) in [7, 11) is 0. The van der Waals surface area contributed by atoms with E-state index in [4.69, 9.17) is 4.74 Å². The van der Waals surface area contributed by atoms with Gasteiger partial charge in [-0.2, -0.15) is 0 Å². The molecule has 2 aromatic carbocycles. The third-order valence-electron chi connectivity index (χ3n) is 2.78. The number of aromatic hydroxyl groups is 1. The normalized spacial score (nSPS) is 10.7. The molecule has 0 bridgehead atoms. The summed E-state index contributed by atoms with van der Waals surface area (Å²) in [6, 6.07) is 10.9. The quantitative estimate of drug-likeness (QED) is 0.793. The number of hydrogen-bond acceptors (Lipinski definition) is 3. The summed E-state index contributed by atoms with van der Waals surface area (Å²) in [6.07, 6.45) is -0.476. The van der Waals surface area contributed by atoms with E-state index in [9.17, 15) is 9.90 Å². The second-order valence-electron chi connectivity index (χ2n) is 5.90. The fraction of sp³-hybridized carbons (Fsp3) is 0.278. The summed E-state index contributed by atoms with van der Waals surface area (Å²) in [5.74, 6) is 6.11. The van der Waals surface area contributed by atoms with Gasteiger partial charge in [-0.1, -0.05) is 24.0 Å². The van der Waals surface area contributed by atoms with E-state index >= 15 is 0 Å². The van der Waals surface area contributed by atoms with Crippen LogP contribution in [0.25, 0.3) is 10.8 Å². The maximum Gasteiger partial charge on any atom is 0.408 e. The summed E-state index contributed by atoms with van der Waals surface area (Å²) >= 11 is 0. The molecule has 0 spiro atoms. The number of ether oxygens (including phenoxy) is 1. The van der Waals surface area contributed by atoms with Crippen molar-refractivity contribution in [2.75, 3.05) is 6.54 Å². The molecule has 0 fully saturated rings. The zero-order valence-corrected chi connectivity index (χ0v) is 12.9. The minimum atomic E-state index is -0.512. The number of benzene rings is 2. The first-order chi connectivity index (χ1) is 10.3. The molecule has 0 unspecified atom stereocenters. The monoisotopic (exact) mass is 297 g/mol. The fourth-order valence-electron chi connectivity index (χ4n) is 1.89. The zero-order valence-electron chi connectivity index (χ0n) is 12.9. The Balaban J connectivity index is 1.97. The van der Waals surface area contributed by atoms with Crippen molar-refractivity contribution in [1.29, 1.82) is 0 Å². The third kappa shape index (κ3) is 4.71. The van der Waals surface area contributed by atoms with Gasteiger partial charge in [-0.15, -0.1) is 0 Å². The van der Waals surface area contributed by atoms with E-state index in [1.54, 1.807) is 12.1 Å². The Hall–Kier alpha value is -2.67. The molecule has 0 atom stereocenters. The molecule has 0 aromatic heterocycles. The van der Waals surface area contributed by atoms with Gasteiger partial charge in [-0.3, -0.25) is 0 Å². The topological polar surface area (TPSA) is 58.6 Å². The van der Waals surface area contributed by atoms with Crippen LogP contribution in [0.4, 0.5) is 4.79 Å². The van der Waals surface area contributed by atoms with Crippen molar-refractivity contribution in [1.82, 2.24) is 5.32 Å². The van der Waals surface area contributed by atoms with Crippen LogP contribution in [0, 0.1) is 11.8 Å². The SMILES string of the molecule is CC(C)(C)OC(=O)NCC#Cc1ccc2cc(O)ccc2c1. The van der Waals surface area contributed by atoms with Crippen molar-refractivity contribution in [3.63, 3.8) is 0 Å². The first kappa shape index (κ1) is 15.7. The van der Waals surface area contributed by atoms with E-state index < -0.39 is 11.7 Å². The van der Waals surface area contributed by atoms with Gasteiger partial charge in [0.2, 0.25) is 0 Å². The predicted molar refractivity (Wildman–Crippen MR) is 86.7 cm³/mol. The van der Waals surface area contributed by atoms with Crippen molar-refractivity contribution >= 4 is 16.9 Å². The number of alkyl carbamates (subject to hydrolysis) is 1. The zero-order chi connectivity index (χ0) is 16.2. The Bertz CT molecular complexity index is 748. The van der Waals surface area contributed by atoms with E-state index in [0.717, 1.165) is 16.3 Å². The average Bonchev–Trinajstić information content (AvgIpc) is 2.41. The van der Waals surface area contributed by atoms with Gasteiger partial charge in [0.15, 0.2) is 0 Å². The van der Waals surface area contributed by atoms with E-state index in [-0.39, 0.29) is 12.3 Å². The first-order valence-corrected chi connectivity index (χ1v) is 7.02. The van der Waals surface area contributed by atoms with E-state index in [2.05, 4.69) is 17.2 Å². The number of hydrogen-bond donors (Lipinski definition) is 2. The van der Waals surface area contributed by atoms with Crippen LogP contribution in [-0.2, 0) is 4.74 Å². The Morgan fingerprint density at radius 3 is 2.59 bits per heavy atom. The summed E-state index contributed by atoms with van der Waals surface area (Å²) in [5, 5.41) is 14.0. The minimum absolute atomic E-state index is 0.225. The van der Waals surface area contributed by atoms with Crippen LogP contribution in [0.2, 0.25) is 0 Å². The highest BCUT2D eigenvalue weighted by Gasteiger charge is 2.14. The molecule has 114 valence electrons. The van der Waals surface area contributed by atoms with Crippen LogP contribution in [0.1, 0.15) is 26.3 Å². The molecule has 0 heterocycles. The predicted octanol–water partition coefficient (Wildman–Crippen LogP) is 3.42. The number of phenols is 1. The molecule has 0 saturated heterocycles. The molecule has 0 aliphatic carbocycles. The number of carbonyl (C=O) groups excluding carboxylic acids is 1. The Morgan fingerprint density at radius 2 is 1.86 bits per heavy atom. The second-order valence-corrected chi connectivity index (χ2v) is 5.90. The molecule has 2 aromatic rings. The van der Waals surface area contributed by atoms with Gasteiger partial charge in [-0.25, -0.2) is 4.79 Å². The lowest BCUT2D eigenvalue weighted by Gasteiger charge is -2.18. The summed E-state index contributed by atoms with van der Waals surface area (Å²) in [4.78, 5) is 11.5. The van der Waals surface area contributed by atoms with Gasteiger partial charge in [0.1, 0.15) is 11.4 Å². The molecule has 0 aliphatic rings. The van der Waals surface area contributed by atoms with Gasteiger partial charge in [0.25, 0.3) is 0 Å². The van der Waals surface area contributed by atoms with E-state index in [1.807, 2.05) is 45.0 Å². The number of amides is 1. The molecule has 22 heavy (non-hydrogen) atoms. The molecule has 1 amide bonds. The van der Waals surface area contributed by atoms with E-state index in [1.165, 1.54) is 0 Å². The van der Waals surface area contributed by atoms with Crippen LogP contribution >= 0.6 is 0 Å². The molecular formula is C18H19NO3. The first-order valence-electron chi connectivity index (χ1n) is 7.02. The van der Waals surface area contributed by atoms with Crippen molar-refractivity contribution in [2.45, 2.75) is 26.4 Å². The third-order valence-corrected chi connectivity index (χ3v) is 2.78. The molecule has 4 nitrogen and oxygen atoms in total. The maximum atomic E-state index is 11.5. The van der Waals surface area contributed by atoms with E-state index in [0.29, 0.717) is 0 Å². The van der Waals surface area contributed by atoms with Crippen LogP contribution < -0.4 is 5.32 Å². The van der Waals surface area contributed by atoms with Gasteiger partial charge >= 0.3 is 6.09 Å².